The molecule has 0 aromatic heterocycles. The zero-order chi connectivity index (χ0) is 15.8. The number of hydrogen-bond acceptors (Lipinski definition) is 3. The summed E-state index contributed by atoms with van der Waals surface area (Å²) < 4.78 is 31.4. The molecule has 4 nitrogen and oxygen atoms in total. The van der Waals surface area contributed by atoms with Crippen molar-refractivity contribution >= 4 is 27.7 Å². The number of rotatable bonds is 7. The van der Waals surface area contributed by atoms with Gasteiger partial charge < -0.3 is 4.74 Å². The average Bonchev–Trinajstić information content (AvgIpc) is 2.51. The van der Waals surface area contributed by atoms with Crippen molar-refractivity contribution in [2.24, 2.45) is 0 Å². The van der Waals surface area contributed by atoms with Crippen molar-refractivity contribution in [3.05, 3.63) is 70.6 Å². The molecule has 0 aliphatic heterocycles. The van der Waals surface area contributed by atoms with Gasteiger partial charge in [0.05, 0.1) is 0 Å². The second-order valence-electron chi connectivity index (χ2n) is 4.46. The van der Waals surface area contributed by atoms with E-state index in [4.69, 9.17) is 16.3 Å². The van der Waals surface area contributed by atoms with Crippen LogP contribution in [0.15, 0.2) is 60.0 Å². The fourth-order valence-corrected chi connectivity index (χ4v) is 2.67. The summed E-state index contributed by atoms with van der Waals surface area (Å²) in [5.41, 5.74) is 0.822. The molecular formula is C16H16ClNO3S. The van der Waals surface area contributed by atoms with E-state index < -0.39 is 10.0 Å². The molecule has 0 saturated heterocycles. The quantitative estimate of drug-likeness (QED) is 0.789. The molecule has 22 heavy (non-hydrogen) atoms. The smallest absolute Gasteiger partial charge is 0.233 e. The van der Waals surface area contributed by atoms with Crippen molar-refractivity contribution in [3.8, 4) is 5.75 Å². The summed E-state index contributed by atoms with van der Waals surface area (Å²) in [6, 6.07) is 16.2. The van der Waals surface area contributed by atoms with E-state index in [1.807, 2.05) is 30.3 Å². The van der Waals surface area contributed by atoms with Crippen molar-refractivity contribution in [1.29, 1.82) is 0 Å². The number of sulfonamides is 1. The van der Waals surface area contributed by atoms with Crippen molar-refractivity contribution < 1.29 is 13.2 Å². The van der Waals surface area contributed by atoms with E-state index in [-0.39, 0.29) is 13.2 Å². The lowest BCUT2D eigenvalue weighted by molar-refractivity contribution is 0.323. The van der Waals surface area contributed by atoms with Crippen LogP contribution in [-0.4, -0.2) is 21.6 Å². The Morgan fingerprint density at radius 3 is 2.59 bits per heavy atom. The number of ether oxygens (including phenoxy) is 1. The topological polar surface area (TPSA) is 55.4 Å². The monoisotopic (exact) mass is 337 g/mol. The lowest BCUT2D eigenvalue weighted by Crippen LogP contribution is -2.26. The van der Waals surface area contributed by atoms with E-state index >= 15 is 0 Å². The van der Waals surface area contributed by atoms with Crippen LogP contribution in [0, 0.1) is 0 Å². The van der Waals surface area contributed by atoms with Crippen molar-refractivity contribution in [2.45, 2.75) is 0 Å². The lowest BCUT2D eigenvalue weighted by atomic mass is 10.2. The van der Waals surface area contributed by atoms with Gasteiger partial charge >= 0.3 is 0 Å². The minimum Gasteiger partial charge on any atom is -0.492 e. The summed E-state index contributed by atoms with van der Waals surface area (Å²) >= 11 is 5.83. The summed E-state index contributed by atoms with van der Waals surface area (Å²) in [7, 11) is -3.48. The van der Waals surface area contributed by atoms with Crippen LogP contribution in [0.2, 0.25) is 5.02 Å². The Hall–Kier alpha value is -1.82. The molecule has 2 aromatic rings. The number of halogens is 1. The highest BCUT2D eigenvalue weighted by Crippen LogP contribution is 2.16. The molecule has 0 spiro atoms. The average molecular weight is 338 g/mol. The van der Waals surface area contributed by atoms with Crippen molar-refractivity contribution in [2.75, 3.05) is 13.2 Å². The van der Waals surface area contributed by atoms with Crippen LogP contribution in [0.4, 0.5) is 0 Å². The van der Waals surface area contributed by atoms with Crippen molar-refractivity contribution in [1.82, 2.24) is 4.72 Å². The standard InChI is InChI=1S/C16H16ClNO3S/c17-15-7-4-8-16(13-15)21-11-10-18-22(19,20)12-9-14-5-2-1-3-6-14/h1-9,12-13,18H,10-11H2/b12-9+. The Labute approximate surface area is 135 Å². The highest BCUT2D eigenvalue weighted by molar-refractivity contribution is 7.92. The van der Waals surface area contributed by atoms with Crippen LogP contribution in [-0.2, 0) is 10.0 Å². The molecule has 1 N–H and O–H groups in total. The normalized spacial score (nSPS) is 11.7. The summed E-state index contributed by atoms with van der Waals surface area (Å²) in [6.07, 6.45) is 1.54. The third kappa shape index (κ3) is 5.89. The Balaban J connectivity index is 1.79. The van der Waals surface area contributed by atoms with Gasteiger partial charge in [-0.3, -0.25) is 0 Å². The third-order valence-corrected chi connectivity index (χ3v) is 4.05. The molecule has 116 valence electrons. The second-order valence-corrected chi connectivity index (χ2v) is 6.55. The molecule has 0 aliphatic carbocycles. The Bertz CT molecular complexity index is 730. The molecule has 0 atom stereocenters. The number of nitrogens with one attached hydrogen (secondary N) is 1. The van der Waals surface area contributed by atoms with Gasteiger partial charge in [-0.1, -0.05) is 48.0 Å². The molecule has 0 unspecified atom stereocenters. The van der Waals surface area contributed by atoms with E-state index in [0.29, 0.717) is 10.8 Å². The van der Waals surface area contributed by atoms with E-state index in [9.17, 15) is 8.42 Å². The van der Waals surface area contributed by atoms with Gasteiger partial charge in [-0.05, 0) is 29.8 Å². The zero-order valence-corrected chi connectivity index (χ0v) is 13.3. The first-order valence-electron chi connectivity index (χ1n) is 6.66. The Morgan fingerprint density at radius 2 is 1.86 bits per heavy atom. The molecule has 0 radical (unpaired) electrons. The van der Waals surface area contributed by atoms with Crippen molar-refractivity contribution in [3.63, 3.8) is 0 Å². The van der Waals surface area contributed by atoms with Crippen LogP contribution in [0.3, 0.4) is 0 Å². The summed E-state index contributed by atoms with van der Waals surface area (Å²) in [5.74, 6) is 0.603. The van der Waals surface area contributed by atoms with E-state index in [0.717, 1.165) is 11.0 Å². The predicted octanol–water partition coefficient (Wildman–Crippen LogP) is 3.31. The maximum Gasteiger partial charge on any atom is 0.233 e. The summed E-state index contributed by atoms with van der Waals surface area (Å²) in [5, 5.41) is 1.71. The summed E-state index contributed by atoms with van der Waals surface area (Å²) in [4.78, 5) is 0. The first-order valence-corrected chi connectivity index (χ1v) is 8.59. The van der Waals surface area contributed by atoms with E-state index in [1.165, 1.54) is 0 Å². The molecule has 0 fully saturated rings. The van der Waals surface area contributed by atoms with Gasteiger partial charge in [-0.2, -0.15) is 0 Å². The van der Waals surface area contributed by atoms with Crippen LogP contribution >= 0.6 is 11.6 Å². The van der Waals surface area contributed by atoms with Crippen LogP contribution in [0.25, 0.3) is 6.08 Å². The lowest BCUT2D eigenvalue weighted by Gasteiger charge is -2.06. The van der Waals surface area contributed by atoms with Gasteiger partial charge in [-0.25, -0.2) is 13.1 Å². The highest BCUT2D eigenvalue weighted by atomic mass is 35.5. The minimum atomic E-state index is -3.48. The predicted molar refractivity (Wildman–Crippen MR) is 89.3 cm³/mol. The van der Waals surface area contributed by atoms with Gasteiger partial charge in [0.25, 0.3) is 0 Å². The fourth-order valence-electron chi connectivity index (χ4n) is 1.69. The van der Waals surface area contributed by atoms with E-state index in [2.05, 4.69) is 4.72 Å². The van der Waals surface area contributed by atoms with Gasteiger partial charge in [0, 0.05) is 17.0 Å². The van der Waals surface area contributed by atoms with Crippen LogP contribution in [0.1, 0.15) is 5.56 Å². The molecule has 0 aliphatic rings. The van der Waals surface area contributed by atoms with E-state index in [1.54, 1.807) is 30.3 Å². The molecule has 2 aromatic carbocycles. The second kappa shape index (κ2) is 7.98. The molecule has 2 rings (SSSR count). The number of benzene rings is 2. The Kier molecular flexibility index (Phi) is 6.00. The van der Waals surface area contributed by atoms with Gasteiger partial charge in [0.2, 0.25) is 10.0 Å². The zero-order valence-electron chi connectivity index (χ0n) is 11.8. The van der Waals surface area contributed by atoms with Crippen LogP contribution < -0.4 is 9.46 Å². The fraction of sp³-hybridized carbons (Fsp3) is 0.125. The molecule has 0 bridgehead atoms. The maximum atomic E-state index is 11.8. The summed E-state index contributed by atoms with van der Waals surface area (Å²) in [6.45, 7) is 0.396. The van der Waals surface area contributed by atoms with Gasteiger partial charge in [-0.15, -0.1) is 0 Å². The Morgan fingerprint density at radius 1 is 1.09 bits per heavy atom. The third-order valence-electron chi connectivity index (χ3n) is 2.71. The van der Waals surface area contributed by atoms with Gasteiger partial charge in [0.1, 0.15) is 12.4 Å². The maximum absolute atomic E-state index is 11.8. The highest BCUT2D eigenvalue weighted by Gasteiger charge is 2.04. The molecular weight excluding hydrogens is 322 g/mol. The molecule has 6 heteroatoms. The SMILES string of the molecule is O=S(=O)(/C=C/c1ccccc1)NCCOc1cccc(Cl)c1. The first-order chi connectivity index (χ1) is 10.6. The minimum absolute atomic E-state index is 0.175. The largest absolute Gasteiger partial charge is 0.492 e. The number of hydrogen-bond donors (Lipinski definition) is 1. The molecule has 0 saturated carbocycles. The molecule has 0 amide bonds. The molecule has 0 heterocycles. The van der Waals surface area contributed by atoms with Gasteiger partial charge in [0.15, 0.2) is 0 Å². The van der Waals surface area contributed by atoms with Crippen LogP contribution in [0.5, 0.6) is 5.75 Å². The first kappa shape index (κ1) is 16.5.